The van der Waals surface area contributed by atoms with E-state index in [9.17, 15) is 22.8 Å². The van der Waals surface area contributed by atoms with Gasteiger partial charge in [-0.3, -0.25) is 9.59 Å². The summed E-state index contributed by atoms with van der Waals surface area (Å²) in [6.45, 7) is 1.09. The SMILES string of the molecule is COc1nc(-c2cccc(-c3cccc(Nc4nc(C(F)(F)F)cc5cnn(C)c(=O)c45)c3Cl)c2Cl)ccc1CNC[C@@H]1CCC(=O)N1. The minimum Gasteiger partial charge on any atom is -0.481 e. The molecule has 248 valence electrons. The van der Waals surface area contributed by atoms with Crippen LogP contribution >= 0.6 is 23.2 Å². The molecule has 1 aliphatic rings. The number of carbonyl (C=O) groups excluding carboxylic acids is 1. The summed E-state index contributed by atoms with van der Waals surface area (Å²) >= 11 is 13.8. The normalized spacial score (nSPS) is 14.7. The molecule has 15 heteroatoms. The van der Waals surface area contributed by atoms with Crippen molar-refractivity contribution in [1.82, 2.24) is 30.4 Å². The molecule has 2 aromatic carbocycles. The van der Waals surface area contributed by atoms with Crippen LogP contribution in [0.2, 0.25) is 10.0 Å². The monoisotopic (exact) mass is 697 g/mol. The van der Waals surface area contributed by atoms with Crippen LogP contribution in [-0.4, -0.2) is 45.4 Å². The van der Waals surface area contributed by atoms with Crippen molar-refractivity contribution >= 4 is 51.4 Å². The molecule has 6 rings (SSSR count). The number of methoxy groups -OCH3 is 1. The van der Waals surface area contributed by atoms with Crippen LogP contribution in [0.15, 0.2) is 65.6 Å². The Kier molecular flexibility index (Phi) is 9.28. The quantitative estimate of drug-likeness (QED) is 0.160. The summed E-state index contributed by atoms with van der Waals surface area (Å²) in [5.74, 6) is 0.143. The fraction of sp³-hybridized carbons (Fsp3) is 0.242. The molecule has 0 unspecified atom stereocenters. The number of anilines is 2. The van der Waals surface area contributed by atoms with E-state index in [2.05, 4.69) is 31.0 Å². The summed E-state index contributed by atoms with van der Waals surface area (Å²) in [6.07, 6.45) is -2.29. The second-order valence-corrected chi connectivity index (χ2v) is 11.9. The number of ether oxygens (including phenoxy) is 1. The fourth-order valence-electron chi connectivity index (χ4n) is 5.53. The van der Waals surface area contributed by atoms with Crippen LogP contribution in [0.5, 0.6) is 5.88 Å². The summed E-state index contributed by atoms with van der Waals surface area (Å²) in [4.78, 5) is 32.8. The predicted molar refractivity (Wildman–Crippen MR) is 178 cm³/mol. The molecule has 1 amide bonds. The van der Waals surface area contributed by atoms with Gasteiger partial charge in [0.15, 0.2) is 0 Å². The van der Waals surface area contributed by atoms with E-state index in [0.29, 0.717) is 52.8 Å². The third-order valence-corrected chi connectivity index (χ3v) is 8.77. The van der Waals surface area contributed by atoms with E-state index in [1.54, 1.807) is 36.4 Å². The lowest BCUT2D eigenvalue weighted by Crippen LogP contribution is -2.35. The molecule has 10 nitrogen and oxygen atoms in total. The number of fused-ring (bicyclic) bond motifs is 1. The van der Waals surface area contributed by atoms with Crippen LogP contribution in [0.1, 0.15) is 24.1 Å². The van der Waals surface area contributed by atoms with E-state index in [4.69, 9.17) is 27.9 Å². The number of hydrogen-bond donors (Lipinski definition) is 3. The number of carbonyl (C=O) groups is 1. The third kappa shape index (κ3) is 6.66. The topological polar surface area (TPSA) is 123 Å². The van der Waals surface area contributed by atoms with E-state index in [1.165, 1.54) is 20.4 Å². The molecule has 4 heterocycles. The van der Waals surface area contributed by atoms with Gasteiger partial charge < -0.3 is 20.7 Å². The lowest BCUT2D eigenvalue weighted by atomic mass is 10.00. The summed E-state index contributed by atoms with van der Waals surface area (Å²) in [5.41, 5.74) is 1.35. The number of nitrogens with one attached hydrogen (secondary N) is 3. The summed E-state index contributed by atoms with van der Waals surface area (Å²) in [6, 6.07) is 14.8. The standard InChI is InChI=1S/C33H28Cl2F3N7O3/c1-45-32(47)27-18(15-40-45)13-25(33(36,37)38)44-30(27)42-24-8-4-6-21(29(24)35)20-5-3-7-22(28(20)34)23-11-9-17(31(43-23)48-2)14-39-16-19-10-12-26(46)41-19/h3-9,11,13,15,19,39H,10,12,14,16H2,1-2H3,(H,41,46)(H,42,44)/t19-/m0/s1. The van der Waals surface area contributed by atoms with Gasteiger partial charge in [0.2, 0.25) is 11.8 Å². The van der Waals surface area contributed by atoms with Gasteiger partial charge in [0, 0.05) is 60.2 Å². The Hall–Kier alpha value is -4.72. The van der Waals surface area contributed by atoms with Gasteiger partial charge in [-0.25, -0.2) is 14.6 Å². The van der Waals surface area contributed by atoms with E-state index >= 15 is 0 Å². The average molecular weight is 699 g/mol. The van der Waals surface area contributed by atoms with Gasteiger partial charge in [-0.2, -0.15) is 18.3 Å². The first-order valence-corrected chi connectivity index (χ1v) is 15.5. The van der Waals surface area contributed by atoms with Gasteiger partial charge in [-0.15, -0.1) is 0 Å². The largest absolute Gasteiger partial charge is 0.481 e. The van der Waals surface area contributed by atoms with Crippen molar-refractivity contribution in [2.24, 2.45) is 7.05 Å². The van der Waals surface area contributed by atoms with Crippen molar-refractivity contribution in [3.8, 4) is 28.3 Å². The second-order valence-electron chi connectivity index (χ2n) is 11.1. The molecule has 0 aliphatic carbocycles. The van der Waals surface area contributed by atoms with Gasteiger partial charge in [0.25, 0.3) is 5.56 Å². The first kappa shape index (κ1) is 33.2. The first-order valence-electron chi connectivity index (χ1n) is 14.8. The number of hydrogen-bond acceptors (Lipinski definition) is 8. The zero-order valence-corrected chi connectivity index (χ0v) is 27.1. The summed E-state index contributed by atoms with van der Waals surface area (Å²) in [5, 5.41) is 13.3. The van der Waals surface area contributed by atoms with Crippen molar-refractivity contribution in [2.75, 3.05) is 19.0 Å². The lowest BCUT2D eigenvalue weighted by molar-refractivity contribution is -0.141. The van der Waals surface area contributed by atoms with Gasteiger partial charge in [0.05, 0.1) is 40.1 Å². The number of aromatic nitrogens is 4. The molecule has 3 aromatic heterocycles. The van der Waals surface area contributed by atoms with Crippen molar-refractivity contribution in [2.45, 2.75) is 31.6 Å². The highest BCUT2D eigenvalue weighted by atomic mass is 35.5. The summed E-state index contributed by atoms with van der Waals surface area (Å²) in [7, 11) is 2.91. The molecule has 3 N–H and O–H groups in total. The zero-order chi connectivity index (χ0) is 34.2. The number of amides is 1. The number of rotatable bonds is 9. The van der Waals surface area contributed by atoms with E-state index in [0.717, 1.165) is 22.7 Å². The Morgan fingerprint density at radius 3 is 2.46 bits per heavy atom. The number of alkyl halides is 3. The highest BCUT2D eigenvalue weighted by Gasteiger charge is 2.34. The van der Waals surface area contributed by atoms with Crippen molar-refractivity contribution in [3.05, 3.63) is 92.5 Å². The molecule has 0 bridgehead atoms. The molecule has 48 heavy (non-hydrogen) atoms. The van der Waals surface area contributed by atoms with E-state index in [1.807, 2.05) is 12.1 Å². The molecule has 0 radical (unpaired) electrons. The third-order valence-electron chi connectivity index (χ3n) is 7.96. The average Bonchev–Trinajstić information content (AvgIpc) is 3.48. The fourth-order valence-corrected chi connectivity index (χ4v) is 6.13. The van der Waals surface area contributed by atoms with Crippen LogP contribution < -0.4 is 26.2 Å². The van der Waals surface area contributed by atoms with Crippen molar-refractivity contribution in [3.63, 3.8) is 0 Å². The van der Waals surface area contributed by atoms with Crippen LogP contribution in [0, 0.1) is 0 Å². The summed E-state index contributed by atoms with van der Waals surface area (Å²) < 4.78 is 47.8. The number of aryl methyl sites for hydroxylation is 1. The van der Waals surface area contributed by atoms with Gasteiger partial charge >= 0.3 is 6.18 Å². The second kappa shape index (κ2) is 13.4. The van der Waals surface area contributed by atoms with Crippen molar-refractivity contribution < 1.29 is 22.7 Å². The minimum atomic E-state index is -4.77. The highest BCUT2D eigenvalue weighted by molar-refractivity contribution is 6.39. The number of pyridine rings is 2. The Morgan fingerprint density at radius 1 is 1.02 bits per heavy atom. The molecule has 1 aliphatic heterocycles. The van der Waals surface area contributed by atoms with Crippen LogP contribution in [0.3, 0.4) is 0 Å². The van der Waals surface area contributed by atoms with Gasteiger partial charge in [-0.05, 0) is 24.6 Å². The van der Waals surface area contributed by atoms with Crippen LogP contribution in [0.4, 0.5) is 24.7 Å². The Balaban J connectivity index is 1.32. The Morgan fingerprint density at radius 2 is 1.75 bits per heavy atom. The molecular formula is C33H28Cl2F3N7O3. The molecule has 0 spiro atoms. The molecule has 1 saturated heterocycles. The molecule has 1 fully saturated rings. The number of nitrogens with zero attached hydrogens (tertiary/aromatic N) is 4. The van der Waals surface area contributed by atoms with Gasteiger partial charge in [-0.1, -0.05) is 59.6 Å². The zero-order valence-electron chi connectivity index (χ0n) is 25.6. The van der Waals surface area contributed by atoms with Crippen molar-refractivity contribution in [1.29, 1.82) is 0 Å². The smallest absolute Gasteiger partial charge is 0.433 e. The van der Waals surface area contributed by atoms with E-state index in [-0.39, 0.29) is 39.2 Å². The first-order chi connectivity index (χ1) is 22.9. The molecular weight excluding hydrogens is 670 g/mol. The molecule has 1 atom stereocenters. The Labute approximate surface area is 282 Å². The van der Waals surface area contributed by atoms with E-state index < -0.39 is 17.4 Å². The molecule has 5 aromatic rings. The number of halogens is 5. The maximum atomic E-state index is 13.7. The Bertz CT molecular complexity index is 2110. The number of benzene rings is 2. The van der Waals surface area contributed by atoms with Crippen LogP contribution in [0.25, 0.3) is 33.2 Å². The van der Waals surface area contributed by atoms with Crippen LogP contribution in [-0.2, 0) is 24.6 Å². The van der Waals surface area contributed by atoms with Gasteiger partial charge in [0.1, 0.15) is 11.5 Å². The molecule has 0 saturated carbocycles. The minimum absolute atomic E-state index is 0.0296. The highest BCUT2D eigenvalue weighted by Crippen LogP contribution is 2.42. The predicted octanol–water partition coefficient (Wildman–Crippen LogP) is 6.50. The maximum absolute atomic E-state index is 13.7. The lowest BCUT2D eigenvalue weighted by Gasteiger charge is -2.17. The maximum Gasteiger partial charge on any atom is 0.433 e.